The van der Waals surface area contributed by atoms with E-state index in [0.717, 1.165) is 0 Å². The van der Waals surface area contributed by atoms with Crippen molar-refractivity contribution in [2.45, 2.75) is 25.7 Å². The number of carboxylic acids is 1. The number of unbranched alkanes of at least 4 members (excludes halogenated alkanes) is 1. The molecular formula is C11H17NO5. The molecule has 0 aromatic rings. The van der Waals surface area contributed by atoms with Gasteiger partial charge in [-0.15, -0.1) is 0 Å². The Labute approximate surface area is 99.5 Å². The van der Waals surface area contributed by atoms with Gasteiger partial charge < -0.3 is 14.7 Å². The van der Waals surface area contributed by atoms with Crippen LogP contribution in [0.1, 0.15) is 25.7 Å². The van der Waals surface area contributed by atoms with Crippen LogP contribution >= 0.6 is 0 Å². The molecule has 0 aromatic heterocycles. The summed E-state index contributed by atoms with van der Waals surface area (Å²) in [5.74, 6) is -1.61. The van der Waals surface area contributed by atoms with E-state index in [0.29, 0.717) is 25.9 Å². The van der Waals surface area contributed by atoms with Crippen molar-refractivity contribution in [3.05, 3.63) is 0 Å². The molecule has 1 unspecified atom stereocenters. The number of likely N-dealkylation sites (tertiary alicyclic amines) is 1. The van der Waals surface area contributed by atoms with E-state index >= 15 is 0 Å². The molecule has 1 aliphatic rings. The lowest BCUT2D eigenvalue weighted by molar-refractivity contribution is -0.145. The minimum absolute atomic E-state index is 0.0595. The molecule has 96 valence electrons. The molecule has 1 fully saturated rings. The summed E-state index contributed by atoms with van der Waals surface area (Å²) in [4.78, 5) is 34.7. The number of ether oxygens (including phenoxy) is 1. The van der Waals surface area contributed by atoms with E-state index in [-0.39, 0.29) is 30.6 Å². The third-order valence-electron chi connectivity index (χ3n) is 2.82. The molecule has 6 nitrogen and oxygen atoms in total. The third-order valence-corrected chi connectivity index (χ3v) is 2.82. The van der Waals surface area contributed by atoms with Crippen LogP contribution in [0.15, 0.2) is 0 Å². The zero-order chi connectivity index (χ0) is 12.8. The minimum atomic E-state index is -0.829. The zero-order valence-electron chi connectivity index (χ0n) is 9.85. The smallest absolute Gasteiger partial charge is 0.310 e. The predicted molar refractivity (Wildman–Crippen MR) is 58.2 cm³/mol. The van der Waals surface area contributed by atoms with E-state index in [1.807, 2.05) is 0 Å². The van der Waals surface area contributed by atoms with E-state index in [1.165, 1.54) is 7.11 Å². The van der Waals surface area contributed by atoms with E-state index in [2.05, 4.69) is 4.74 Å². The largest absolute Gasteiger partial charge is 0.481 e. The van der Waals surface area contributed by atoms with Gasteiger partial charge in [0.25, 0.3) is 0 Å². The number of carbonyl (C=O) groups excluding carboxylic acids is 2. The minimum Gasteiger partial charge on any atom is -0.481 e. The molecule has 1 rings (SSSR count). The number of carboxylic acid groups (broad SMARTS) is 1. The van der Waals surface area contributed by atoms with Crippen LogP contribution in [0.25, 0.3) is 0 Å². The molecule has 0 aromatic carbocycles. The fourth-order valence-corrected chi connectivity index (χ4v) is 1.89. The highest BCUT2D eigenvalue weighted by Crippen LogP contribution is 2.19. The van der Waals surface area contributed by atoms with E-state index in [9.17, 15) is 14.4 Å². The van der Waals surface area contributed by atoms with Crippen molar-refractivity contribution in [3.8, 4) is 0 Å². The number of hydrogen-bond donors (Lipinski definition) is 1. The number of rotatable bonds is 6. The maximum absolute atomic E-state index is 11.5. The fourth-order valence-electron chi connectivity index (χ4n) is 1.89. The molecule has 17 heavy (non-hydrogen) atoms. The van der Waals surface area contributed by atoms with E-state index < -0.39 is 5.97 Å². The van der Waals surface area contributed by atoms with Crippen LogP contribution in [0, 0.1) is 5.92 Å². The number of hydrogen-bond acceptors (Lipinski definition) is 4. The summed E-state index contributed by atoms with van der Waals surface area (Å²) in [6.07, 6.45) is 1.50. The maximum atomic E-state index is 11.5. The molecule has 0 spiro atoms. The first kappa shape index (κ1) is 13.5. The van der Waals surface area contributed by atoms with Gasteiger partial charge in [0, 0.05) is 25.9 Å². The zero-order valence-corrected chi connectivity index (χ0v) is 9.85. The van der Waals surface area contributed by atoms with Gasteiger partial charge in [0.15, 0.2) is 0 Å². The summed E-state index contributed by atoms with van der Waals surface area (Å²) in [5.41, 5.74) is 0. The van der Waals surface area contributed by atoms with Crippen molar-refractivity contribution in [3.63, 3.8) is 0 Å². The van der Waals surface area contributed by atoms with Crippen molar-refractivity contribution in [2.75, 3.05) is 20.2 Å². The van der Waals surface area contributed by atoms with Crippen molar-refractivity contribution in [1.82, 2.24) is 4.90 Å². The van der Waals surface area contributed by atoms with E-state index in [1.54, 1.807) is 4.90 Å². The first-order valence-corrected chi connectivity index (χ1v) is 5.62. The molecule has 1 saturated heterocycles. The number of carbonyl (C=O) groups is 3. The number of methoxy groups -OCH3 is 1. The average Bonchev–Trinajstić information content (AvgIpc) is 2.65. The normalized spacial score (nSPS) is 19.5. The monoisotopic (exact) mass is 243 g/mol. The topological polar surface area (TPSA) is 83.9 Å². The van der Waals surface area contributed by atoms with Crippen LogP contribution in [0.2, 0.25) is 0 Å². The van der Waals surface area contributed by atoms with Crippen LogP contribution in [0.3, 0.4) is 0 Å². The number of nitrogens with zero attached hydrogens (tertiary/aromatic N) is 1. The average molecular weight is 243 g/mol. The van der Waals surface area contributed by atoms with Crippen molar-refractivity contribution in [2.24, 2.45) is 5.92 Å². The Bertz CT molecular complexity index is 315. The molecule has 6 heteroatoms. The molecule has 0 bridgehead atoms. The Morgan fingerprint density at radius 2 is 2.18 bits per heavy atom. The Hall–Kier alpha value is -1.59. The Kier molecular flexibility index (Phi) is 4.93. The molecular weight excluding hydrogens is 226 g/mol. The summed E-state index contributed by atoms with van der Waals surface area (Å²) < 4.78 is 4.59. The maximum Gasteiger partial charge on any atom is 0.310 e. The summed E-state index contributed by atoms with van der Waals surface area (Å²) in [7, 11) is 1.31. The molecule has 1 atom stereocenters. The van der Waals surface area contributed by atoms with Gasteiger partial charge in [0.05, 0.1) is 13.0 Å². The van der Waals surface area contributed by atoms with Gasteiger partial charge in [0.1, 0.15) is 0 Å². The number of esters is 1. The van der Waals surface area contributed by atoms with Crippen LogP contribution in [0.5, 0.6) is 0 Å². The first-order chi connectivity index (χ1) is 8.04. The fraction of sp³-hybridized carbons (Fsp3) is 0.727. The lowest BCUT2D eigenvalue weighted by Gasteiger charge is -2.15. The number of amides is 1. The first-order valence-electron chi connectivity index (χ1n) is 5.62. The summed E-state index contributed by atoms with van der Waals surface area (Å²) in [6, 6.07) is 0. The highest BCUT2D eigenvalue weighted by atomic mass is 16.5. The lowest BCUT2D eigenvalue weighted by Crippen LogP contribution is -2.27. The van der Waals surface area contributed by atoms with Gasteiger partial charge in [-0.2, -0.15) is 0 Å². The van der Waals surface area contributed by atoms with Gasteiger partial charge in [-0.3, -0.25) is 14.4 Å². The second kappa shape index (κ2) is 6.22. The van der Waals surface area contributed by atoms with Gasteiger partial charge in [0.2, 0.25) is 5.91 Å². The molecule has 0 aliphatic carbocycles. The third kappa shape index (κ3) is 4.05. The highest BCUT2D eigenvalue weighted by Gasteiger charge is 2.34. The van der Waals surface area contributed by atoms with Crippen molar-refractivity contribution in [1.29, 1.82) is 0 Å². The van der Waals surface area contributed by atoms with Crippen LogP contribution in [-0.2, 0) is 19.1 Å². The Balaban J connectivity index is 2.28. The molecule has 1 amide bonds. The van der Waals surface area contributed by atoms with Gasteiger partial charge >= 0.3 is 11.9 Å². The van der Waals surface area contributed by atoms with Crippen LogP contribution < -0.4 is 0 Å². The summed E-state index contributed by atoms with van der Waals surface area (Å²) in [6.45, 7) is 0.901. The summed E-state index contributed by atoms with van der Waals surface area (Å²) in [5, 5.41) is 8.46. The second-order valence-corrected chi connectivity index (χ2v) is 4.11. The molecule has 0 saturated carbocycles. The molecule has 1 N–H and O–H groups in total. The molecule has 1 heterocycles. The Morgan fingerprint density at radius 3 is 2.76 bits per heavy atom. The standard InChI is InChI=1S/C11H17NO5/c1-17-11(16)8-6-9(13)12(7-8)5-3-2-4-10(14)15/h8H,2-7H2,1H3,(H,14,15). The predicted octanol–water partition coefficient (Wildman–Crippen LogP) is 0.263. The lowest BCUT2D eigenvalue weighted by atomic mass is 10.1. The molecule has 1 aliphatic heterocycles. The van der Waals surface area contributed by atoms with Crippen LogP contribution in [0.4, 0.5) is 0 Å². The second-order valence-electron chi connectivity index (χ2n) is 4.11. The summed E-state index contributed by atoms with van der Waals surface area (Å²) >= 11 is 0. The number of aliphatic carboxylic acids is 1. The van der Waals surface area contributed by atoms with Crippen molar-refractivity contribution >= 4 is 17.8 Å². The van der Waals surface area contributed by atoms with E-state index in [4.69, 9.17) is 5.11 Å². The van der Waals surface area contributed by atoms with Gasteiger partial charge in [-0.25, -0.2) is 0 Å². The van der Waals surface area contributed by atoms with Gasteiger partial charge in [-0.05, 0) is 12.8 Å². The Morgan fingerprint density at radius 1 is 1.47 bits per heavy atom. The van der Waals surface area contributed by atoms with Crippen LogP contribution in [-0.4, -0.2) is 48.1 Å². The van der Waals surface area contributed by atoms with Crippen molar-refractivity contribution < 1.29 is 24.2 Å². The molecule has 0 radical (unpaired) electrons. The highest BCUT2D eigenvalue weighted by molar-refractivity contribution is 5.86. The van der Waals surface area contributed by atoms with Gasteiger partial charge in [-0.1, -0.05) is 0 Å². The SMILES string of the molecule is COC(=O)C1CC(=O)N(CCCCC(=O)O)C1. The quantitative estimate of drug-likeness (QED) is 0.534.